The van der Waals surface area contributed by atoms with Gasteiger partial charge in [0.25, 0.3) is 9.04 Å². The van der Waals surface area contributed by atoms with Crippen molar-refractivity contribution in [3.63, 3.8) is 0 Å². The summed E-state index contributed by atoms with van der Waals surface area (Å²) in [4.78, 5) is 24.4. The van der Waals surface area contributed by atoms with Gasteiger partial charge in [-0.25, -0.2) is 4.79 Å². The number of carbonyl (C=O) groups is 1. The third-order valence-electron chi connectivity index (χ3n) is 5.96. The van der Waals surface area contributed by atoms with Crippen molar-refractivity contribution < 1.29 is 18.9 Å². The molecule has 2 atom stereocenters. The molecule has 0 heterocycles. The van der Waals surface area contributed by atoms with Crippen LogP contribution in [0.5, 0.6) is 5.75 Å². The fourth-order valence-electron chi connectivity index (χ4n) is 4.44. The molecule has 35 heavy (non-hydrogen) atoms. The number of hydrogen-bond acceptors (Lipinski definition) is 5. The van der Waals surface area contributed by atoms with Gasteiger partial charge in [-0.3, -0.25) is 10.1 Å². The lowest BCUT2D eigenvalue weighted by atomic mass is 9.84. The summed E-state index contributed by atoms with van der Waals surface area (Å²) in [5, 5.41) is 17.7. The molecule has 2 amide bonds. The van der Waals surface area contributed by atoms with Crippen LogP contribution >= 0.6 is 0 Å². The number of benzene rings is 2. The predicted octanol–water partition coefficient (Wildman–Crippen LogP) is 6.17. The maximum atomic E-state index is 13.1. The van der Waals surface area contributed by atoms with Crippen LogP contribution in [-0.2, 0) is 16.8 Å². The molecule has 1 aliphatic rings. The number of nitro benzene ring substituents is 1. The van der Waals surface area contributed by atoms with Crippen molar-refractivity contribution in [3.05, 3.63) is 63.7 Å². The highest BCUT2D eigenvalue weighted by molar-refractivity contribution is 6.49. The van der Waals surface area contributed by atoms with E-state index in [1.54, 1.807) is 6.07 Å². The second kappa shape index (κ2) is 11.7. The summed E-state index contributed by atoms with van der Waals surface area (Å²) in [6, 6.07) is 12.5. The molecule has 0 aliphatic heterocycles. The van der Waals surface area contributed by atoms with E-state index >= 15 is 0 Å². The van der Waals surface area contributed by atoms with Crippen LogP contribution in [0.1, 0.15) is 57.6 Å². The van der Waals surface area contributed by atoms with Crippen LogP contribution in [0.3, 0.4) is 0 Å². The minimum atomic E-state index is -1.28. The molecule has 189 valence electrons. The standard InChI is InChI=1S/C26H36N3O5Si/c1-26(2,3)23-20(15-16-21(29(31)32)24(23)34-35(4)5)28-25(30)27-19-13-9-10-14-22(19)33-17-18-11-7-6-8-12-18/h6-8,11-12,15-16,19,22H,9-10,13-14,17H2,1-5H3,(H2,27,28,30)/t19-,22-/m1/s1. The Bertz CT molecular complexity index is 1020. The molecule has 2 N–H and O–H groups in total. The van der Waals surface area contributed by atoms with Gasteiger partial charge in [0.2, 0.25) is 0 Å². The van der Waals surface area contributed by atoms with E-state index in [-0.39, 0.29) is 29.6 Å². The van der Waals surface area contributed by atoms with Crippen molar-refractivity contribution in [2.45, 2.75) is 83.7 Å². The Balaban J connectivity index is 1.78. The monoisotopic (exact) mass is 498 g/mol. The number of hydrogen-bond donors (Lipinski definition) is 2. The third kappa shape index (κ3) is 7.28. The van der Waals surface area contributed by atoms with Crippen molar-refractivity contribution in [1.29, 1.82) is 0 Å². The number of nitrogens with one attached hydrogen (secondary N) is 2. The van der Waals surface area contributed by atoms with Gasteiger partial charge in [-0.15, -0.1) is 0 Å². The average molecular weight is 499 g/mol. The molecule has 0 saturated heterocycles. The topological polar surface area (TPSA) is 103 Å². The van der Waals surface area contributed by atoms with E-state index in [9.17, 15) is 14.9 Å². The highest BCUT2D eigenvalue weighted by Crippen LogP contribution is 2.43. The first-order valence-corrected chi connectivity index (χ1v) is 14.5. The van der Waals surface area contributed by atoms with Crippen LogP contribution in [0.2, 0.25) is 13.1 Å². The molecule has 9 heteroatoms. The molecule has 3 rings (SSSR count). The Labute approximate surface area is 209 Å². The molecule has 8 nitrogen and oxygen atoms in total. The molecule has 1 radical (unpaired) electrons. The van der Waals surface area contributed by atoms with Gasteiger partial charge in [-0.05, 0) is 43.0 Å². The van der Waals surface area contributed by atoms with Crippen molar-refractivity contribution in [2.75, 3.05) is 5.32 Å². The Morgan fingerprint density at radius 1 is 1.11 bits per heavy atom. The highest BCUT2D eigenvalue weighted by Gasteiger charge is 2.32. The van der Waals surface area contributed by atoms with Crippen LogP contribution in [0.4, 0.5) is 16.2 Å². The molecular formula is C26H36N3O5Si. The highest BCUT2D eigenvalue weighted by atomic mass is 28.3. The maximum absolute atomic E-state index is 13.1. The van der Waals surface area contributed by atoms with Gasteiger partial charge >= 0.3 is 11.7 Å². The minimum absolute atomic E-state index is 0.0714. The lowest BCUT2D eigenvalue weighted by Crippen LogP contribution is -2.47. The predicted molar refractivity (Wildman–Crippen MR) is 139 cm³/mol. The van der Waals surface area contributed by atoms with Gasteiger partial charge in [-0.1, -0.05) is 63.9 Å². The van der Waals surface area contributed by atoms with Crippen LogP contribution in [0, 0.1) is 10.1 Å². The summed E-state index contributed by atoms with van der Waals surface area (Å²) in [6.45, 7) is 10.2. The number of nitro groups is 1. The van der Waals surface area contributed by atoms with Crippen molar-refractivity contribution in [2.24, 2.45) is 0 Å². The van der Waals surface area contributed by atoms with Crippen molar-refractivity contribution in [3.8, 4) is 5.75 Å². The van der Waals surface area contributed by atoms with Crippen LogP contribution in [0.15, 0.2) is 42.5 Å². The zero-order chi connectivity index (χ0) is 25.6. The third-order valence-corrected chi connectivity index (χ3v) is 6.58. The molecule has 0 aromatic heterocycles. The SMILES string of the molecule is C[Si](C)Oc1c([N+](=O)[O-])ccc(NC(=O)N[C@@H]2CCCC[C@H]2OCc2ccccc2)c1C(C)(C)C. The van der Waals surface area contributed by atoms with Gasteiger partial charge in [0.1, 0.15) is 0 Å². The molecule has 2 aromatic carbocycles. The van der Waals surface area contributed by atoms with Gasteiger partial charge in [-0.2, -0.15) is 0 Å². The Morgan fingerprint density at radius 3 is 2.43 bits per heavy atom. The average Bonchev–Trinajstić information content (AvgIpc) is 2.78. The number of urea groups is 1. The van der Waals surface area contributed by atoms with Crippen molar-refractivity contribution in [1.82, 2.24) is 5.32 Å². The summed E-state index contributed by atoms with van der Waals surface area (Å²) in [6.07, 6.45) is 3.74. The summed E-state index contributed by atoms with van der Waals surface area (Å²) in [5.74, 6) is 0.237. The van der Waals surface area contributed by atoms with Gasteiger partial charge in [0.15, 0.2) is 5.75 Å². The number of ether oxygens (including phenoxy) is 1. The molecular weight excluding hydrogens is 462 g/mol. The first kappa shape index (κ1) is 26.7. The van der Waals surface area contributed by atoms with Crippen LogP contribution in [0.25, 0.3) is 0 Å². The lowest BCUT2D eigenvalue weighted by Gasteiger charge is -2.32. The van der Waals surface area contributed by atoms with Gasteiger partial charge < -0.3 is 19.8 Å². The summed E-state index contributed by atoms with van der Waals surface area (Å²) in [5.41, 5.74) is 1.65. The first-order chi connectivity index (χ1) is 16.6. The summed E-state index contributed by atoms with van der Waals surface area (Å²) >= 11 is 0. The summed E-state index contributed by atoms with van der Waals surface area (Å²) in [7, 11) is -1.28. The molecule has 2 aromatic rings. The van der Waals surface area contributed by atoms with Crippen molar-refractivity contribution >= 4 is 26.4 Å². The molecule has 1 aliphatic carbocycles. The van der Waals surface area contributed by atoms with E-state index in [0.29, 0.717) is 17.9 Å². The van der Waals surface area contributed by atoms with E-state index < -0.39 is 19.4 Å². The quantitative estimate of drug-likeness (QED) is 0.257. The minimum Gasteiger partial charge on any atom is -0.538 e. The Kier molecular flexibility index (Phi) is 8.91. The molecule has 0 spiro atoms. The molecule has 1 saturated carbocycles. The first-order valence-electron chi connectivity index (χ1n) is 12.1. The second-order valence-electron chi connectivity index (χ2n) is 10.2. The van der Waals surface area contributed by atoms with Gasteiger partial charge in [0.05, 0.1) is 29.4 Å². The molecule has 0 unspecified atom stereocenters. The van der Waals surface area contributed by atoms with E-state index in [4.69, 9.17) is 9.16 Å². The van der Waals surface area contributed by atoms with E-state index in [1.807, 2.05) is 64.2 Å². The molecule has 0 bridgehead atoms. The number of nitrogens with zero attached hydrogens (tertiary/aromatic N) is 1. The zero-order valence-corrected chi connectivity index (χ0v) is 22.2. The van der Waals surface area contributed by atoms with E-state index in [1.165, 1.54) is 6.07 Å². The second-order valence-corrected chi connectivity index (χ2v) is 12.2. The number of anilines is 1. The Morgan fingerprint density at radius 2 is 1.80 bits per heavy atom. The van der Waals surface area contributed by atoms with Crippen LogP contribution < -0.4 is 15.1 Å². The number of rotatable bonds is 8. The van der Waals surface area contributed by atoms with Crippen LogP contribution in [-0.4, -0.2) is 32.1 Å². The van der Waals surface area contributed by atoms with Gasteiger partial charge in [0, 0.05) is 11.6 Å². The normalized spacial score (nSPS) is 18.2. The number of amides is 2. The van der Waals surface area contributed by atoms with E-state index in [0.717, 1.165) is 31.2 Å². The fourth-order valence-corrected chi connectivity index (χ4v) is 5.05. The van der Waals surface area contributed by atoms with E-state index in [2.05, 4.69) is 10.6 Å². The number of carbonyl (C=O) groups excluding carboxylic acids is 1. The Hall–Kier alpha value is -2.91. The lowest BCUT2D eigenvalue weighted by molar-refractivity contribution is -0.385. The fraction of sp³-hybridized carbons (Fsp3) is 0.500. The summed E-state index contributed by atoms with van der Waals surface area (Å²) < 4.78 is 12.2. The zero-order valence-electron chi connectivity index (χ0n) is 21.2. The smallest absolute Gasteiger partial charge is 0.319 e. The molecule has 1 fully saturated rings. The maximum Gasteiger partial charge on any atom is 0.319 e. The largest absolute Gasteiger partial charge is 0.538 e.